The second-order valence-corrected chi connectivity index (χ2v) is 6.49. The number of halogens is 2. The molecule has 0 aliphatic rings. The Balaban J connectivity index is 1.86. The molecule has 1 N–H and O–H groups in total. The van der Waals surface area contributed by atoms with Crippen LogP contribution in [0.5, 0.6) is 0 Å². The molecule has 0 unspecified atom stereocenters. The molecule has 0 aliphatic carbocycles. The smallest absolute Gasteiger partial charge is 0.279 e. The fraction of sp³-hybridized carbons (Fsp3) is 0. The van der Waals surface area contributed by atoms with Crippen molar-refractivity contribution in [3.8, 4) is 5.69 Å². The number of rotatable bonds is 3. The number of hydrogen-bond acceptors (Lipinski definition) is 3. The Hall–Kier alpha value is -3.51. The van der Waals surface area contributed by atoms with Gasteiger partial charge >= 0.3 is 0 Å². The van der Waals surface area contributed by atoms with Gasteiger partial charge in [0.1, 0.15) is 5.82 Å². The number of hydrogen-bond donors (Lipinski definition) is 1. The van der Waals surface area contributed by atoms with Gasteiger partial charge in [-0.15, -0.1) is 0 Å². The van der Waals surface area contributed by atoms with E-state index >= 15 is 0 Å². The summed E-state index contributed by atoms with van der Waals surface area (Å²) in [4.78, 5) is 25.7. The summed E-state index contributed by atoms with van der Waals surface area (Å²) in [5.74, 6) is -0.914. The van der Waals surface area contributed by atoms with Gasteiger partial charge in [0.25, 0.3) is 11.5 Å². The molecule has 28 heavy (non-hydrogen) atoms. The molecule has 0 spiro atoms. The molecule has 1 aromatic heterocycles. The second-order valence-electron chi connectivity index (χ2n) is 6.05. The van der Waals surface area contributed by atoms with Crippen LogP contribution in [-0.2, 0) is 0 Å². The molecule has 1 heterocycles. The molecule has 0 saturated heterocycles. The summed E-state index contributed by atoms with van der Waals surface area (Å²) in [5.41, 5.74) is 0.628. The van der Waals surface area contributed by atoms with Crippen molar-refractivity contribution in [1.29, 1.82) is 0 Å². The number of carbonyl (C=O) groups is 1. The normalized spacial score (nSPS) is 10.8. The van der Waals surface area contributed by atoms with Gasteiger partial charge in [-0.1, -0.05) is 29.8 Å². The van der Waals surface area contributed by atoms with E-state index in [1.807, 2.05) is 0 Å². The number of benzene rings is 3. The molecule has 138 valence electrons. The van der Waals surface area contributed by atoms with Gasteiger partial charge in [-0.3, -0.25) is 9.59 Å². The fourth-order valence-corrected chi connectivity index (χ4v) is 2.96. The topological polar surface area (TPSA) is 64.0 Å². The molecule has 4 aromatic rings. The van der Waals surface area contributed by atoms with Gasteiger partial charge < -0.3 is 5.32 Å². The maximum Gasteiger partial charge on any atom is 0.279 e. The summed E-state index contributed by atoms with van der Waals surface area (Å²) >= 11 is 5.92. The first kappa shape index (κ1) is 17.9. The van der Waals surface area contributed by atoms with E-state index in [9.17, 15) is 14.0 Å². The van der Waals surface area contributed by atoms with E-state index in [0.717, 1.165) is 4.68 Å². The van der Waals surface area contributed by atoms with Gasteiger partial charge in [-0.05, 0) is 54.6 Å². The summed E-state index contributed by atoms with van der Waals surface area (Å²) in [5, 5.41) is 8.28. The van der Waals surface area contributed by atoms with E-state index in [4.69, 9.17) is 11.6 Å². The van der Waals surface area contributed by atoms with E-state index in [-0.39, 0.29) is 11.3 Å². The van der Waals surface area contributed by atoms with Crippen molar-refractivity contribution >= 4 is 34.0 Å². The van der Waals surface area contributed by atoms with Crippen LogP contribution in [0.1, 0.15) is 10.5 Å². The zero-order chi connectivity index (χ0) is 19.7. The summed E-state index contributed by atoms with van der Waals surface area (Å²) in [6.07, 6.45) is 0. The molecule has 5 nitrogen and oxygen atoms in total. The van der Waals surface area contributed by atoms with Crippen LogP contribution in [0.4, 0.5) is 10.1 Å². The number of carbonyl (C=O) groups excluding carboxylic acids is 1. The number of anilines is 1. The van der Waals surface area contributed by atoms with Crippen LogP contribution < -0.4 is 10.9 Å². The lowest BCUT2D eigenvalue weighted by Crippen LogP contribution is -2.26. The zero-order valence-corrected chi connectivity index (χ0v) is 15.2. The van der Waals surface area contributed by atoms with Gasteiger partial charge in [0.2, 0.25) is 0 Å². The van der Waals surface area contributed by atoms with E-state index in [1.165, 1.54) is 24.3 Å². The summed E-state index contributed by atoms with van der Waals surface area (Å²) < 4.78 is 14.3. The Labute approximate surface area is 164 Å². The van der Waals surface area contributed by atoms with Crippen molar-refractivity contribution in [2.45, 2.75) is 0 Å². The SMILES string of the molecule is O=C(Nc1ccc(F)cc1)c1nn(-c2ccc(Cl)cc2)c(=O)c2ccccc12. The fourth-order valence-electron chi connectivity index (χ4n) is 2.84. The highest BCUT2D eigenvalue weighted by atomic mass is 35.5. The predicted molar refractivity (Wildman–Crippen MR) is 107 cm³/mol. The third-order valence-electron chi connectivity index (χ3n) is 4.19. The second kappa shape index (κ2) is 7.25. The first-order valence-corrected chi connectivity index (χ1v) is 8.76. The summed E-state index contributed by atoms with van der Waals surface area (Å²) in [6, 6.07) is 18.7. The highest BCUT2D eigenvalue weighted by Crippen LogP contribution is 2.18. The third-order valence-corrected chi connectivity index (χ3v) is 4.45. The summed E-state index contributed by atoms with van der Waals surface area (Å²) in [7, 11) is 0. The van der Waals surface area contributed by atoms with Gasteiger partial charge in [0, 0.05) is 16.1 Å². The van der Waals surface area contributed by atoms with Crippen molar-refractivity contribution in [3.63, 3.8) is 0 Å². The molecule has 1 amide bonds. The number of fused-ring (bicyclic) bond motifs is 1. The molecule has 0 atom stereocenters. The van der Waals surface area contributed by atoms with E-state index in [2.05, 4.69) is 10.4 Å². The van der Waals surface area contributed by atoms with Crippen LogP contribution in [0.25, 0.3) is 16.5 Å². The van der Waals surface area contributed by atoms with Crippen LogP contribution in [0.2, 0.25) is 5.02 Å². The van der Waals surface area contributed by atoms with E-state index in [1.54, 1.807) is 48.5 Å². The average Bonchev–Trinajstić information content (AvgIpc) is 2.71. The monoisotopic (exact) mass is 393 g/mol. The lowest BCUT2D eigenvalue weighted by molar-refractivity contribution is 0.102. The molecule has 3 aromatic carbocycles. The lowest BCUT2D eigenvalue weighted by atomic mass is 10.1. The first-order valence-electron chi connectivity index (χ1n) is 8.38. The minimum atomic E-state index is -0.509. The van der Waals surface area contributed by atoms with Crippen molar-refractivity contribution in [2.24, 2.45) is 0 Å². The van der Waals surface area contributed by atoms with Crippen LogP contribution in [-0.4, -0.2) is 15.7 Å². The number of aromatic nitrogens is 2. The standard InChI is InChI=1S/C21H13ClFN3O2/c22-13-5-11-16(12-6-13)26-21(28)18-4-2-1-3-17(18)19(25-26)20(27)24-15-9-7-14(23)8-10-15/h1-12H,(H,24,27). The quantitative estimate of drug-likeness (QED) is 0.560. The molecule has 0 fully saturated rings. The lowest BCUT2D eigenvalue weighted by Gasteiger charge is -2.11. The van der Waals surface area contributed by atoms with Crippen LogP contribution in [0.15, 0.2) is 77.6 Å². The number of nitrogens with one attached hydrogen (secondary N) is 1. The Morgan fingerprint density at radius 3 is 2.25 bits per heavy atom. The molecule has 4 rings (SSSR count). The molecule has 0 bridgehead atoms. The van der Waals surface area contributed by atoms with Crippen molar-refractivity contribution in [2.75, 3.05) is 5.32 Å². The molecule has 0 saturated carbocycles. The van der Waals surface area contributed by atoms with Gasteiger partial charge in [0.05, 0.1) is 11.1 Å². The van der Waals surface area contributed by atoms with Gasteiger partial charge in [-0.25, -0.2) is 4.39 Å². The Bertz CT molecular complexity index is 1240. The van der Waals surface area contributed by atoms with E-state index in [0.29, 0.717) is 27.2 Å². The van der Waals surface area contributed by atoms with Crippen molar-refractivity contribution in [3.05, 3.63) is 99.7 Å². The zero-order valence-electron chi connectivity index (χ0n) is 14.4. The Morgan fingerprint density at radius 2 is 1.57 bits per heavy atom. The molecule has 0 aliphatic heterocycles. The van der Waals surface area contributed by atoms with E-state index < -0.39 is 11.7 Å². The maximum absolute atomic E-state index is 13.1. The number of nitrogens with zero attached hydrogens (tertiary/aromatic N) is 2. The maximum atomic E-state index is 13.1. The minimum Gasteiger partial charge on any atom is -0.321 e. The molecule has 0 radical (unpaired) electrons. The van der Waals surface area contributed by atoms with Crippen LogP contribution in [0.3, 0.4) is 0 Å². The van der Waals surface area contributed by atoms with Crippen molar-refractivity contribution < 1.29 is 9.18 Å². The Morgan fingerprint density at radius 1 is 0.929 bits per heavy atom. The first-order chi connectivity index (χ1) is 13.5. The summed E-state index contributed by atoms with van der Waals surface area (Å²) in [6.45, 7) is 0. The average molecular weight is 394 g/mol. The van der Waals surface area contributed by atoms with Crippen LogP contribution in [0, 0.1) is 5.82 Å². The van der Waals surface area contributed by atoms with Crippen molar-refractivity contribution in [1.82, 2.24) is 9.78 Å². The largest absolute Gasteiger partial charge is 0.321 e. The van der Waals surface area contributed by atoms with Crippen LogP contribution >= 0.6 is 11.6 Å². The number of amides is 1. The minimum absolute atomic E-state index is 0.0782. The predicted octanol–water partition coefficient (Wildman–Crippen LogP) is 4.43. The Kier molecular flexibility index (Phi) is 4.63. The van der Waals surface area contributed by atoms with Gasteiger partial charge in [0.15, 0.2) is 5.69 Å². The molecular weight excluding hydrogens is 381 g/mol. The highest BCUT2D eigenvalue weighted by molar-refractivity contribution is 6.30. The molecular formula is C21H13ClFN3O2. The third kappa shape index (κ3) is 3.37. The molecule has 7 heteroatoms. The highest BCUT2D eigenvalue weighted by Gasteiger charge is 2.17. The van der Waals surface area contributed by atoms with Gasteiger partial charge in [-0.2, -0.15) is 9.78 Å².